The molecule has 0 aliphatic carbocycles. The molecular weight excluding hydrogens is 252 g/mol. The lowest BCUT2D eigenvalue weighted by molar-refractivity contribution is -0.117. The van der Waals surface area contributed by atoms with E-state index in [4.69, 9.17) is 5.11 Å². The van der Waals surface area contributed by atoms with E-state index in [0.717, 1.165) is 37.2 Å². The van der Waals surface area contributed by atoms with E-state index in [1.165, 1.54) is 5.56 Å². The highest BCUT2D eigenvalue weighted by atomic mass is 16.3. The van der Waals surface area contributed by atoms with Gasteiger partial charge in [0.2, 0.25) is 5.91 Å². The second-order valence-electron chi connectivity index (χ2n) is 5.70. The molecule has 2 rings (SSSR count). The zero-order chi connectivity index (χ0) is 14.5. The molecule has 1 amide bonds. The number of hydrogen-bond donors (Lipinski definition) is 2. The third kappa shape index (κ3) is 3.81. The van der Waals surface area contributed by atoms with Crippen molar-refractivity contribution in [2.24, 2.45) is 5.92 Å². The van der Waals surface area contributed by atoms with Gasteiger partial charge in [-0.25, -0.2) is 0 Å². The number of anilines is 1. The molecule has 0 radical (unpaired) electrons. The van der Waals surface area contributed by atoms with Crippen LogP contribution in [-0.2, 0) is 4.79 Å². The van der Waals surface area contributed by atoms with Crippen LogP contribution in [0.1, 0.15) is 24.0 Å². The molecule has 0 atom stereocenters. The number of aryl methyl sites for hydroxylation is 1. The number of aliphatic hydroxyl groups excluding tert-OH is 1. The van der Waals surface area contributed by atoms with E-state index in [1.54, 1.807) is 0 Å². The fourth-order valence-corrected chi connectivity index (χ4v) is 2.61. The van der Waals surface area contributed by atoms with Gasteiger partial charge in [-0.15, -0.1) is 0 Å². The van der Waals surface area contributed by atoms with Crippen LogP contribution in [0.25, 0.3) is 0 Å². The summed E-state index contributed by atoms with van der Waals surface area (Å²) in [5.74, 6) is 0.453. The Morgan fingerprint density at radius 1 is 1.35 bits per heavy atom. The SMILES string of the molecule is Cc1cccc(NC(=O)CN2CCC(CO)CC2)c1C. The standard InChI is InChI=1S/C16H24N2O2/c1-12-4-3-5-15(13(12)2)17-16(20)10-18-8-6-14(11-19)7-9-18/h3-5,14,19H,6-11H2,1-2H3,(H,17,20). The van der Waals surface area contributed by atoms with E-state index in [2.05, 4.69) is 10.2 Å². The molecule has 0 unspecified atom stereocenters. The smallest absolute Gasteiger partial charge is 0.238 e. The summed E-state index contributed by atoms with van der Waals surface area (Å²) in [4.78, 5) is 14.3. The first kappa shape index (κ1) is 15.0. The van der Waals surface area contributed by atoms with Crippen LogP contribution in [0, 0.1) is 19.8 Å². The number of piperidine rings is 1. The van der Waals surface area contributed by atoms with Crippen molar-refractivity contribution >= 4 is 11.6 Å². The maximum atomic E-state index is 12.1. The van der Waals surface area contributed by atoms with Gasteiger partial charge in [-0.3, -0.25) is 9.69 Å². The maximum absolute atomic E-state index is 12.1. The molecule has 110 valence electrons. The van der Waals surface area contributed by atoms with Crippen molar-refractivity contribution in [1.82, 2.24) is 4.90 Å². The summed E-state index contributed by atoms with van der Waals surface area (Å²) in [5, 5.41) is 12.1. The van der Waals surface area contributed by atoms with Crippen LogP contribution >= 0.6 is 0 Å². The van der Waals surface area contributed by atoms with Crippen molar-refractivity contribution < 1.29 is 9.90 Å². The summed E-state index contributed by atoms with van der Waals surface area (Å²) >= 11 is 0. The Morgan fingerprint density at radius 3 is 2.70 bits per heavy atom. The first-order chi connectivity index (χ1) is 9.60. The molecule has 20 heavy (non-hydrogen) atoms. The number of likely N-dealkylation sites (tertiary alicyclic amines) is 1. The van der Waals surface area contributed by atoms with E-state index in [-0.39, 0.29) is 12.5 Å². The molecule has 0 spiro atoms. The fourth-order valence-electron chi connectivity index (χ4n) is 2.61. The van der Waals surface area contributed by atoms with Gasteiger partial charge in [0, 0.05) is 12.3 Å². The topological polar surface area (TPSA) is 52.6 Å². The van der Waals surface area contributed by atoms with Crippen LogP contribution < -0.4 is 5.32 Å². The number of benzene rings is 1. The molecular formula is C16H24N2O2. The first-order valence-electron chi connectivity index (χ1n) is 7.29. The second-order valence-corrected chi connectivity index (χ2v) is 5.70. The molecule has 1 fully saturated rings. The normalized spacial score (nSPS) is 17.1. The summed E-state index contributed by atoms with van der Waals surface area (Å²) in [6.07, 6.45) is 1.96. The molecule has 1 aliphatic rings. The first-order valence-corrected chi connectivity index (χ1v) is 7.29. The van der Waals surface area contributed by atoms with Crippen LogP contribution in [-0.4, -0.2) is 42.2 Å². The van der Waals surface area contributed by atoms with E-state index >= 15 is 0 Å². The van der Waals surface area contributed by atoms with Crippen molar-refractivity contribution in [2.75, 3.05) is 31.6 Å². The van der Waals surface area contributed by atoms with Crippen LogP contribution in [0.2, 0.25) is 0 Å². The second kappa shape index (κ2) is 6.86. The van der Waals surface area contributed by atoms with E-state index < -0.39 is 0 Å². The molecule has 1 aromatic carbocycles. The van der Waals surface area contributed by atoms with E-state index in [0.29, 0.717) is 12.5 Å². The average Bonchev–Trinajstić information content (AvgIpc) is 2.45. The van der Waals surface area contributed by atoms with Gasteiger partial charge < -0.3 is 10.4 Å². The molecule has 0 bridgehead atoms. The maximum Gasteiger partial charge on any atom is 0.238 e. The number of aliphatic hydroxyl groups is 1. The fraction of sp³-hybridized carbons (Fsp3) is 0.562. The Kier molecular flexibility index (Phi) is 5.15. The number of hydrogen-bond acceptors (Lipinski definition) is 3. The Bertz CT molecular complexity index is 466. The van der Waals surface area contributed by atoms with Gasteiger partial charge in [0.05, 0.1) is 6.54 Å². The lowest BCUT2D eigenvalue weighted by atomic mass is 9.98. The minimum Gasteiger partial charge on any atom is -0.396 e. The minimum absolute atomic E-state index is 0.0427. The highest BCUT2D eigenvalue weighted by Gasteiger charge is 2.20. The lowest BCUT2D eigenvalue weighted by Gasteiger charge is -2.30. The molecule has 1 aromatic rings. The third-order valence-electron chi connectivity index (χ3n) is 4.21. The quantitative estimate of drug-likeness (QED) is 0.883. The van der Waals surface area contributed by atoms with Crippen LogP contribution in [0.4, 0.5) is 5.69 Å². The molecule has 4 heteroatoms. The van der Waals surface area contributed by atoms with Crippen molar-refractivity contribution in [3.8, 4) is 0 Å². The van der Waals surface area contributed by atoms with Crippen molar-refractivity contribution in [3.05, 3.63) is 29.3 Å². The van der Waals surface area contributed by atoms with Crippen LogP contribution in [0.5, 0.6) is 0 Å². The predicted octanol–water partition coefficient (Wildman–Crippen LogP) is 1.95. The van der Waals surface area contributed by atoms with Gasteiger partial charge in [0.25, 0.3) is 0 Å². The summed E-state index contributed by atoms with van der Waals surface area (Å²) in [6, 6.07) is 5.95. The molecule has 0 aromatic heterocycles. The molecule has 1 saturated heterocycles. The van der Waals surface area contributed by atoms with Gasteiger partial charge in [-0.2, -0.15) is 0 Å². The summed E-state index contributed by atoms with van der Waals surface area (Å²) < 4.78 is 0. The van der Waals surface area contributed by atoms with Gasteiger partial charge in [-0.05, 0) is 62.9 Å². The predicted molar refractivity (Wildman–Crippen MR) is 80.8 cm³/mol. The Labute approximate surface area is 120 Å². The monoisotopic (exact) mass is 276 g/mol. The van der Waals surface area contributed by atoms with Gasteiger partial charge >= 0.3 is 0 Å². The number of nitrogens with zero attached hydrogens (tertiary/aromatic N) is 1. The molecule has 0 saturated carbocycles. The minimum atomic E-state index is 0.0427. The highest BCUT2D eigenvalue weighted by molar-refractivity contribution is 5.93. The average molecular weight is 276 g/mol. The summed E-state index contributed by atoms with van der Waals surface area (Å²) in [7, 11) is 0. The van der Waals surface area contributed by atoms with Crippen molar-refractivity contribution in [2.45, 2.75) is 26.7 Å². The summed E-state index contributed by atoms with van der Waals surface area (Å²) in [5.41, 5.74) is 3.21. The van der Waals surface area contributed by atoms with Gasteiger partial charge in [0.1, 0.15) is 0 Å². The molecule has 1 aliphatic heterocycles. The highest BCUT2D eigenvalue weighted by Crippen LogP contribution is 2.19. The number of carbonyl (C=O) groups is 1. The summed E-state index contributed by atoms with van der Waals surface area (Å²) in [6.45, 7) is 6.56. The van der Waals surface area contributed by atoms with Crippen LogP contribution in [0.15, 0.2) is 18.2 Å². The largest absolute Gasteiger partial charge is 0.396 e. The zero-order valence-corrected chi connectivity index (χ0v) is 12.4. The van der Waals surface area contributed by atoms with E-state index in [1.807, 2.05) is 32.0 Å². The van der Waals surface area contributed by atoms with Gasteiger partial charge in [0.15, 0.2) is 0 Å². The van der Waals surface area contributed by atoms with Gasteiger partial charge in [-0.1, -0.05) is 12.1 Å². The number of carbonyl (C=O) groups excluding carboxylic acids is 1. The molecule has 2 N–H and O–H groups in total. The molecule has 1 heterocycles. The number of amides is 1. The lowest BCUT2D eigenvalue weighted by Crippen LogP contribution is -2.39. The van der Waals surface area contributed by atoms with E-state index in [9.17, 15) is 4.79 Å². The molecule has 4 nitrogen and oxygen atoms in total. The van der Waals surface area contributed by atoms with Crippen molar-refractivity contribution in [1.29, 1.82) is 0 Å². The number of rotatable bonds is 4. The zero-order valence-electron chi connectivity index (χ0n) is 12.4. The number of nitrogens with one attached hydrogen (secondary N) is 1. The van der Waals surface area contributed by atoms with Crippen molar-refractivity contribution in [3.63, 3.8) is 0 Å². The van der Waals surface area contributed by atoms with Crippen LogP contribution in [0.3, 0.4) is 0 Å². The Balaban J connectivity index is 1.85. The Morgan fingerprint density at radius 2 is 2.05 bits per heavy atom. The third-order valence-corrected chi connectivity index (χ3v) is 4.21. The Hall–Kier alpha value is -1.39.